The van der Waals surface area contributed by atoms with Crippen LogP contribution in [-0.2, 0) is 9.53 Å². The summed E-state index contributed by atoms with van der Waals surface area (Å²) in [5.41, 5.74) is 0.960. The third-order valence-corrected chi connectivity index (χ3v) is 5.92. The number of amides is 3. The van der Waals surface area contributed by atoms with Crippen molar-refractivity contribution >= 4 is 23.4 Å². The van der Waals surface area contributed by atoms with Gasteiger partial charge in [0.2, 0.25) is 5.91 Å². The Morgan fingerprint density at radius 3 is 2.79 bits per heavy atom. The molecule has 10 nitrogen and oxygen atoms in total. The third-order valence-electron chi connectivity index (χ3n) is 5.92. The van der Waals surface area contributed by atoms with E-state index in [1.54, 1.807) is 37.1 Å². The second-order valence-electron chi connectivity index (χ2n) is 8.31. The number of carbonyl (C=O) groups is 3. The molecule has 176 valence electrons. The Bertz CT molecular complexity index is 1050. The van der Waals surface area contributed by atoms with E-state index >= 15 is 0 Å². The van der Waals surface area contributed by atoms with E-state index in [1.807, 2.05) is 6.92 Å². The van der Waals surface area contributed by atoms with Gasteiger partial charge in [-0.3, -0.25) is 14.4 Å². The Balaban J connectivity index is 1.49. The number of ether oxygens (including phenoxy) is 2. The Kier molecular flexibility index (Phi) is 6.64. The van der Waals surface area contributed by atoms with Crippen molar-refractivity contribution in [2.75, 3.05) is 25.5 Å². The molecule has 2 aliphatic heterocycles. The average molecular weight is 456 g/mol. The normalized spacial score (nSPS) is 22.3. The Morgan fingerprint density at radius 1 is 1.24 bits per heavy atom. The number of anilines is 1. The maximum Gasteiger partial charge on any atom is 0.277 e. The van der Waals surface area contributed by atoms with Gasteiger partial charge in [0.1, 0.15) is 24.2 Å². The molecule has 1 aromatic carbocycles. The molecule has 3 heterocycles. The van der Waals surface area contributed by atoms with Crippen LogP contribution in [0.4, 0.5) is 5.69 Å². The standard InChI is InChI=1S/C23H28N4O6/c1-4-24-21(28)11-15-6-7-18-20(32-15)12-31-19-8-5-14(10-16(19)23(30)27(18)3)25-22(29)17-9-13(2)33-26-17/h5,8-10,15,18,20H,4,6-7,11-12H2,1-3H3,(H,24,28)(H,25,29)/t15-,18+,20-/m0/s1. The number of aryl methyl sites for hydroxylation is 1. The Hall–Kier alpha value is -3.40. The van der Waals surface area contributed by atoms with Gasteiger partial charge in [-0.1, -0.05) is 5.16 Å². The maximum absolute atomic E-state index is 13.3. The average Bonchev–Trinajstić information content (AvgIpc) is 3.23. The smallest absolute Gasteiger partial charge is 0.277 e. The van der Waals surface area contributed by atoms with Crippen LogP contribution in [0.1, 0.15) is 52.8 Å². The number of aromatic nitrogens is 1. The molecule has 1 saturated heterocycles. The molecule has 0 radical (unpaired) electrons. The van der Waals surface area contributed by atoms with Gasteiger partial charge in [-0.25, -0.2) is 0 Å². The fraction of sp³-hybridized carbons (Fsp3) is 0.478. The number of nitrogens with one attached hydrogen (secondary N) is 2. The van der Waals surface area contributed by atoms with E-state index in [-0.39, 0.29) is 42.4 Å². The van der Waals surface area contributed by atoms with E-state index in [4.69, 9.17) is 14.0 Å². The van der Waals surface area contributed by atoms with Crippen molar-refractivity contribution in [3.05, 3.63) is 41.3 Å². The fourth-order valence-corrected chi connectivity index (χ4v) is 4.25. The van der Waals surface area contributed by atoms with Crippen molar-refractivity contribution in [2.24, 2.45) is 0 Å². The van der Waals surface area contributed by atoms with Gasteiger partial charge in [0.25, 0.3) is 11.8 Å². The molecule has 0 aliphatic carbocycles. The van der Waals surface area contributed by atoms with Crippen LogP contribution >= 0.6 is 0 Å². The number of hydrogen-bond donors (Lipinski definition) is 2. The van der Waals surface area contributed by atoms with Crippen molar-refractivity contribution in [3.63, 3.8) is 0 Å². The minimum absolute atomic E-state index is 0.0437. The first kappa shape index (κ1) is 22.8. The van der Waals surface area contributed by atoms with E-state index in [0.717, 1.165) is 0 Å². The molecule has 33 heavy (non-hydrogen) atoms. The monoisotopic (exact) mass is 456 g/mol. The summed E-state index contributed by atoms with van der Waals surface area (Å²) in [6, 6.07) is 6.27. The number of rotatable bonds is 5. The minimum atomic E-state index is -0.432. The van der Waals surface area contributed by atoms with Crippen LogP contribution in [0.3, 0.4) is 0 Å². The molecule has 0 bridgehead atoms. The predicted octanol–water partition coefficient (Wildman–Crippen LogP) is 2.14. The second-order valence-corrected chi connectivity index (χ2v) is 8.31. The van der Waals surface area contributed by atoms with Gasteiger partial charge < -0.3 is 29.5 Å². The minimum Gasteiger partial charge on any atom is -0.490 e. The molecule has 1 aromatic heterocycles. The summed E-state index contributed by atoms with van der Waals surface area (Å²) in [4.78, 5) is 39.3. The summed E-state index contributed by atoms with van der Waals surface area (Å²) in [5.74, 6) is 0.242. The van der Waals surface area contributed by atoms with Gasteiger partial charge in [-0.15, -0.1) is 0 Å². The summed E-state index contributed by atoms with van der Waals surface area (Å²) in [6.07, 6.45) is 1.13. The predicted molar refractivity (Wildman–Crippen MR) is 118 cm³/mol. The van der Waals surface area contributed by atoms with Crippen LogP contribution in [0.25, 0.3) is 0 Å². The molecule has 3 atom stereocenters. The van der Waals surface area contributed by atoms with Crippen LogP contribution in [0, 0.1) is 6.92 Å². The van der Waals surface area contributed by atoms with Gasteiger partial charge in [0.05, 0.1) is 24.1 Å². The summed E-state index contributed by atoms with van der Waals surface area (Å²) in [7, 11) is 1.74. The highest BCUT2D eigenvalue weighted by Crippen LogP contribution is 2.32. The largest absolute Gasteiger partial charge is 0.490 e. The molecule has 4 rings (SSSR count). The highest BCUT2D eigenvalue weighted by Gasteiger charge is 2.39. The van der Waals surface area contributed by atoms with Crippen molar-refractivity contribution in [1.29, 1.82) is 0 Å². The first-order valence-electron chi connectivity index (χ1n) is 11.1. The van der Waals surface area contributed by atoms with Gasteiger partial charge >= 0.3 is 0 Å². The van der Waals surface area contributed by atoms with E-state index in [0.29, 0.717) is 48.6 Å². The number of nitrogens with zero attached hydrogens (tertiary/aromatic N) is 2. The number of hydrogen-bond acceptors (Lipinski definition) is 7. The number of carbonyl (C=O) groups excluding carboxylic acids is 3. The van der Waals surface area contributed by atoms with E-state index in [9.17, 15) is 14.4 Å². The van der Waals surface area contributed by atoms with Crippen LogP contribution in [0.2, 0.25) is 0 Å². The zero-order valence-corrected chi connectivity index (χ0v) is 18.9. The number of fused-ring (bicyclic) bond motifs is 2. The van der Waals surface area contributed by atoms with Gasteiger partial charge in [-0.2, -0.15) is 0 Å². The molecule has 1 fully saturated rings. The molecule has 0 saturated carbocycles. The topological polar surface area (TPSA) is 123 Å². The van der Waals surface area contributed by atoms with Gasteiger partial charge in [0.15, 0.2) is 5.69 Å². The summed E-state index contributed by atoms with van der Waals surface area (Å²) in [6.45, 7) is 4.41. The first-order valence-corrected chi connectivity index (χ1v) is 11.1. The van der Waals surface area contributed by atoms with E-state index in [2.05, 4.69) is 15.8 Å². The molecule has 2 N–H and O–H groups in total. The number of benzene rings is 1. The van der Waals surface area contributed by atoms with Crippen LogP contribution in [0.5, 0.6) is 5.75 Å². The number of likely N-dealkylation sites (N-methyl/N-ethyl adjacent to an activating group) is 1. The second kappa shape index (κ2) is 9.62. The molecular formula is C23H28N4O6. The van der Waals surface area contributed by atoms with Crippen molar-refractivity contribution < 1.29 is 28.4 Å². The zero-order chi connectivity index (χ0) is 23.5. The highest BCUT2D eigenvalue weighted by atomic mass is 16.5. The van der Waals surface area contributed by atoms with Gasteiger partial charge in [0, 0.05) is 25.3 Å². The lowest BCUT2D eigenvalue weighted by Crippen LogP contribution is -2.54. The Morgan fingerprint density at radius 2 is 2.06 bits per heavy atom. The molecule has 0 unspecified atom stereocenters. The molecule has 0 spiro atoms. The third kappa shape index (κ3) is 5.00. The molecule has 2 aliphatic rings. The molecule has 3 amide bonds. The lowest BCUT2D eigenvalue weighted by Gasteiger charge is -2.42. The summed E-state index contributed by atoms with van der Waals surface area (Å²) >= 11 is 0. The molecular weight excluding hydrogens is 428 g/mol. The van der Waals surface area contributed by atoms with Crippen LogP contribution in [0.15, 0.2) is 28.8 Å². The van der Waals surface area contributed by atoms with Crippen LogP contribution in [-0.4, -0.2) is 66.2 Å². The summed E-state index contributed by atoms with van der Waals surface area (Å²) < 4.78 is 17.0. The molecule has 10 heteroatoms. The maximum atomic E-state index is 13.3. The quantitative estimate of drug-likeness (QED) is 0.707. The zero-order valence-electron chi connectivity index (χ0n) is 18.9. The SMILES string of the molecule is CCNC(=O)C[C@@H]1CC[C@@H]2[C@H](COc3ccc(NC(=O)c4cc(C)on4)cc3C(=O)N2C)O1. The fourth-order valence-electron chi connectivity index (χ4n) is 4.25. The Labute approximate surface area is 191 Å². The summed E-state index contributed by atoms with van der Waals surface area (Å²) in [5, 5.41) is 9.23. The van der Waals surface area contributed by atoms with E-state index in [1.165, 1.54) is 6.07 Å². The van der Waals surface area contributed by atoms with Gasteiger partial charge in [-0.05, 0) is 44.9 Å². The van der Waals surface area contributed by atoms with Crippen molar-refractivity contribution in [3.8, 4) is 5.75 Å². The van der Waals surface area contributed by atoms with Crippen molar-refractivity contribution in [1.82, 2.24) is 15.4 Å². The molecule has 2 aromatic rings. The van der Waals surface area contributed by atoms with Crippen molar-refractivity contribution in [2.45, 2.75) is 51.4 Å². The lowest BCUT2D eigenvalue weighted by molar-refractivity contribution is -0.133. The highest BCUT2D eigenvalue weighted by molar-refractivity contribution is 6.04. The van der Waals surface area contributed by atoms with E-state index < -0.39 is 5.91 Å². The lowest BCUT2D eigenvalue weighted by atomic mass is 9.94. The first-order chi connectivity index (χ1) is 15.9. The van der Waals surface area contributed by atoms with Crippen LogP contribution < -0.4 is 15.4 Å².